The summed E-state index contributed by atoms with van der Waals surface area (Å²) in [5, 5.41) is 6.27. The number of aliphatic imine (C=N–C) groups is 1. The van der Waals surface area contributed by atoms with E-state index in [2.05, 4.69) is 56.7 Å². The number of guanidine groups is 1. The monoisotopic (exact) mass is 553 g/mol. The number of likely N-dealkylation sites (tertiary alicyclic amines) is 1. The summed E-state index contributed by atoms with van der Waals surface area (Å²) in [4.78, 5) is 20.7. The molecule has 1 amide bonds. The summed E-state index contributed by atoms with van der Waals surface area (Å²) in [7, 11) is 5.65. The average molecular weight is 553 g/mol. The summed E-state index contributed by atoms with van der Waals surface area (Å²) >= 11 is 0. The number of benzene rings is 1. The van der Waals surface area contributed by atoms with E-state index in [1.165, 1.54) is 11.1 Å². The molecule has 2 aromatic rings. The van der Waals surface area contributed by atoms with Crippen LogP contribution >= 0.6 is 24.0 Å². The molecule has 176 valence electrons. The summed E-state index contributed by atoms with van der Waals surface area (Å²) in [6.07, 6.45) is 4.37. The fraction of sp³-hybridized carbons (Fsp3) is 0.500. The number of halogens is 1. The Morgan fingerprint density at radius 1 is 1.16 bits per heavy atom. The van der Waals surface area contributed by atoms with Crippen LogP contribution < -0.4 is 10.6 Å². The highest BCUT2D eigenvalue weighted by Gasteiger charge is 2.23. The molecule has 1 aliphatic heterocycles. The third kappa shape index (κ3) is 7.81. The Kier molecular flexibility index (Phi) is 11.0. The molecule has 8 heteroatoms. The normalized spacial score (nSPS) is 14.9. The molecule has 0 bridgehead atoms. The number of furan rings is 1. The average Bonchev–Trinajstić information content (AvgIpc) is 3.29. The maximum absolute atomic E-state index is 11.6. The lowest BCUT2D eigenvalue weighted by molar-refractivity contribution is -0.121. The van der Waals surface area contributed by atoms with Gasteiger partial charge in [0.1, 0.15) is 5.76 Å². The second-order valence-corrected chi connectivity index (χ2v) is 8.23. The zero-order valence-electron chi connectivity index (χ0n) is 19.3. The molecular weight excluding hydrogens is 517 g/mol. The van der Waals surface area contributed by atoms with Crippen molar-refractivity contribution in [2.75, 3.05) is 34.2 Å². The fourth-order valence-corrected chi connectivity index (χ4v) is 4.12. The number of carbonyl (C=O) groups excluding carboxylic acids is 1. The second-order valence-electron chi connectivity index (χ2n) is 8.23. The third-order valence-electron chi connectivity index (χ3n) is 5.88. The smallest absolute Gasteiger partial charge is 0.220 e. The molecule has 2 N–H and O–H groups in total. The van der Waals surface area contributed by atoms with E-state index in [0.29, 0.717) is 12.3 Å². The summed E-state index contributed by atoms with van der Waals surface area (Å²) in [5.74, 6) is 2.49. The van der Waals surface area contributed by atoms with Crippen LogP contribution in [0.4, 0.5) is 0 Å². The van der Waals surface area contributed by atoms with E-state index >= 15 is 0 Å². The largest absolute Gasteiger partial charge is 0.468 e. The molecule has 1 aromatic carbocycles. The highest BCUT2D eigenvalue weighted by molar-refractivity contribution is 14.0. The Morgan fingerprint density at radius 3 is 2.50 bits per heavy atom. The maximum atomic E-state index is 11.6. The Morgan fingerprint density at radius 2 is 1.88 bits per heavy atom. The lowest BCUT2D eigenvalue weighted by atomic mass is 9.93. The zero-order chi connectivity index (χ0) is 22.1. The second kappa shape index (κ2) is 13.5. The van der Waals surface area contributed by atoms with Crippen molar-refractivity contribution >= 4 is 35.8 Å². The maximum Gasteiger partial charge on any atom is 0.220 e. The molecule has 0 spiro atoms. The first kappa shape index (κ1) is 26.2. The molecule has 0 aliphatic carbocycles. The van der Waals surface area contributed by atoms with Gasteiger partial charge in [-0.3, -0.25) is 14.7 Å². The molecular formula is C24H36IN5O2. The van der Waals surface area contributed by atoms with E-state index in [-0.39, 0.29) is 29.9 Å². The van der Waals surface area contributed by atoms with Crippen molar-refractivity contribution in [3.63, 3.8) is 0 Å². The Bertz CT molecular complexity index is 848. The minimum Gasteiger partial charge on any atom is -0.468 e. The first-order chi connectivity index (χ1) is 15.1. The first-order valence-electron chi connectivity index (χ1n) is 11.0. The minimum absolute atomic E-state index is 0. The number of piperidine rings is 1. The Balaban J connectivity index is 0.00000363. The molecule has 0 atom stereocenters. The summed E-state index contributed by atoms with van der Waals surface area (Å²) in [6.45, 7) is 4.21. The zero-order valence-corrected chi connectivity index (χ0v) is 21.7. The van der Waals surface area contributed by atoms with Crippen LogP contribution in [0, 0.1) is 5.92 Å². The lowest BCUT2D eigenvalue weighted by Gasteiger charge is -2.34. The molecule has 1 aliphatic rings. The number of amides is 1. The van der Waals surface area contributed by atoms with Crippen molar-refractivity contribution in [3.8, 4) is 0 Å². The highest BCUT2D eigenvalue weighted by Crippen LogP contribution is 2.20. The van der Waals surface area contributed by atoms with Gasteiger partial charge in [-0.05, 0) is 49.1 Å². The van der Waals surface area contributed by atoms with Gasteiger partial charge >= 0.3 is 0 Å². The third-order valence-corrected chi connectivity index (χ3v) is 5.88. The van der Waals surface area contributed by atoms with Crippen molar-refractivity contribution in [2.45, 2.75) is 38.9 Å². The van der Waals surface area contributed by atoms with Crippen molar-refractivity contribution < 1.29 is 9.21 Å². The summed E-state index contributed by atoms with van der Waals surface area (Å²) in [6, 6.07) is 12.5. The molecule has 1 fully saturated rings. The number of nitrogens with one attached hydrogen (secondary N) is 2. The number of rotatable bonds is 8. The molecule has 0 saturated carbocycles. The van der Waals surface area contributed by atoms with Gasteiger partial charge in [-0.1, -0.05) is 24.3 Å². The summed E-state index contributed by atoms with van der Waals surface area (Å²) in [5.41, 5.74) is 2.56. The van der Waals surface area contributed by atoms with Gasteiger partial charge < -0.3 is 20.0 Å². The van der Waals surface area contributed by atoms with Gasteiger partial charge in [0.05, 0.1) is 12.8 Å². The van der Waals surface area contributed by atoms with Crippen LogP contribution in [0.3, 0.4) is 0 Å². The quantitative estimate of drug-likeness (QED) is 0.298. The minimum atomic E-state index is 0. The highest BCUT2D eigenvalue weighted by atomic mass is 127. The fourth-order valence-electron chi connectivity index (χ4n) is 4.12. The van der Waals surface area contributed by atoms with Gasteiger partial charge in [-0.25, -0.2) is 0 Å². The van der Waals surface area contributed by atoms with Crippen LogP contribution in [0.2, 0.25) is 0 Å². The van der Waals surface area contributed by atoms with Gasteiger partial charge in [0.2, 0.25) is 5.91 Å². The van der Waals surface area contributed by atoms with Crippen LogP contribution in [-0.4, -0.2) is 55.9 Å². The van der Waals surface area contributed by atoms with E-state index in [4.69, 9.17) is 4.42 Å². The molecule has 3 rings (SSSR count). The molecule has 7 nitrogen and oxygen atoms in total. The van der Waals surface area contributed by atoms with Crippen LogP contribution in [-0.2, 0) is 24.4 Å². The van der Waals surface area contributed by atoms with Gasteiger partial charge in [0, 0.05) is 46.7 Å². The molecule has 1 aromatic heterocycles. The number of nitrogens with zero attached hydrogens (tertiary/aromatic N) is 3. The number of carbonyl (C=O) groups is 1. The number of hydrogen-bond donors (Lipinski definition) is 2. The standard InChI is InChI=1S/C24H35N5O2.HI/c1-25-23(30)15-19-10-12-29(13-11-19)24(26-2)27-16-20-7-4-5-8-21(20)17-28(3)18-22-9-6-14-31-22;/h4-9,14,19H,10-13,15-18H2,1-3H3,(H,25,30)(H,26,27);1H. The van der Waals surface area contributed by atoms with Gasteiger partial charge in [-0.2, -0.15) is 0 Å². The Labute approximate surface area is 208 Å². The predicted molar refractivity (Wildman–Crippen MR) is 139 cm³/mol. The van der Waals surface area contributed by atoms with E-state index in [9.17, 15) is 4.79 Å². The SMILES string of the molecule is CN=C(NCc1ccccc1CN(C)Cc1ccco1)N1CCC(CC(=O)NC)CC1.I. The van der Waals surface area contributed by atoms with Crippen molar-refractivity contribution in [2.24, 2.45) is 10.9 Å². The van der Waals surface area contributed by atoms with Gasteiger partial charge in [0.15, 0.2) is 5.96 Å². The molecule has 32 heavy (non-hydrogen) atoms. The van der Waals surface area contributed by atoms with Crippen molar-refractivity contribution in [1.29, 1.82) is 0 Å². The molecule has 0 unspecified atom stereocenters. The first-order valence-corrected chi connectivity index (χ1v) is 11.0. The topological polar surface area (TPSA) is 73.1 Å². The number of hydrogen-bond acceptors (Lipinski definition) is 4. The van der Waals surface area contributed by atoms with E-state index < -0.39 is 0 Å². The van der Waals surface area contributed by atoms with Crippen LogP contribution in [0.15, 0.2) is 52.1 Å². The van der Waals surface area contributed by atoms with E-state index in [0.717, 1.165) is 57.3 Å². The van der Waals surface area contributed by atoms with Gasteiger partial charge in [-0.15, -0.1) is 24.0 Å². The van der Waals surface area contributed by atoms with Crippen LogP contribution in [0.25, 0.3) is 0 Å². The van der Waals surface area contributed by atoms with E-state index in [1.807, 2.05) is 19.2 Å². The van der Waals surface area contributed by atoms with Crippen molar-refractivity contribution in [3.05, 3.63) is 59.5 Å². The Hall–Kier alpha value is -2.07. The summed E-state index contributed by atoms with van der Waals surface area (Å²) < 4.78 is 5.47. The predicted octanol–water partition coefficient (Wildman–Crippen LogP) is 3.45. The van der Waals surface area contributed by atoms with Gasteiger partial charge in [0.25, 0.3) is 0 Å². The molecule has 2 heterocycles. The van der Waals surface area contributed by atoms with Crippen LogP contribution in [0.1, 0.15) is 36.1 Å². The van der Waals surface area contributed by atoms with Crippen LogP contribution in [0.5, 0.6) is 0 Å². The van der Waals surface area contributed by atoms with Crippen molar-refractivity contribution in [1.82, 2.24) is 20.4 Å². The van der Waals surface area contributed by atoms with E-state index in [1.54, 1.807) is 13.3 Å². The molecule has 0 radical (unpaired) electrons. The molecule has 1 saturated heterocycles. The lowest BCUT2D eigenvalue weighted by Crippen LogP contribution is -2.45.